The fourth-order valence-corrected chi connectivity index (χ4v) is 3.26. The van der Waals surface area contributed by atoms with Crippen molar-refractivity contribution < 1.29 is 13.7 Å². The predicted octanol–water partition coefficient (Wildman–Crippen LogP) is 4.23. The van der Waals surface area contributed by atoms with E-state index in [1.54, 1.807) is 17.0 Å². The minimum atomic E-state index is -0.0926. The number of nitrogens with zero attached hydrogens (tertiary/aromatic N) is 3. The average Bonchev–Trinajstić information content (AvgIpc) is 3.29. The maximum atomic E-state index is 12.4. The number of hydrogen-bond donors (Lipinski definition) is 0. The molecular formula is C18H16BrN3O3. The van der Waals surface area contributed by atoms with Gasteiger partial charge in [0, 0.05) is 24.6 Å². The minimum Gasteiger partial charge on any atom is -0.444 e. The van der Waals surface area contributed by atoms with Gasteiger partial charge in [0.25, 0.3) is 5.89 Å². The van der Waals surface area contributed by atoms with E-state index in [1.807, 2.05) is 25.1 Å². The fourth-order valence-electron chi connectivity index (χ4n) is 2.95. The quantitative estimate of drug-likeness (QED) is 0.656. The van der Waals surface area contributed by atoms with Gasteiger partial charge in [0.15, 0.2) is 16.3 Å². The highest BCUT2D eigenvalue weighted by atomic mass is 79.9. The lowest BCUT2D eigenvalue weighted by Gasteiger charge is -2.17. The molecule has 1 unspecified atom stereocenters. The van der Waals surface area contributed by atoms with Gasteiger partial charge in [-0.1, -0.05) is 11.2 Å². The van der Waals surface area contributed by atoms with Gasteiger partial charge < -0.3 is 13.8 Å². The van der Waals surface area contributed by atoms with Gasteiger partial charge in [-0.15, -0.1) is 0 Å². The molecular weight excluding hydrogens is 386 g/mol. The van der Waals surface area contributed by atoms with Crippen LogP contribution in [0.1, 0.15) is 29.3 Å². The number of hydrogen-bond acceptors (Lipinski definition) is 5. The number of rotatable bonds is 3. The Morgan fingerprint density at radius 2 is 2.04 bits per heavy atom. The van der Waals surface area contributed by atoms with Crippen LogP contribution in [-0.4, -0.2) is 22.6 Å². The van der Waals surface area contributed by atoms with Crippen LogP contribution in [0.5, 0.6) is 0 Å². The van der Waals surface area contributed by atoms with E-state index in [1.165, 1.54) is 11.1 Å². The van der Waals surface area contributed by atoms with Crippen molar-refractivity contribution in [2.24, 2.45) is 0 Å². The van der Waals surface area contributed by atoms with Crippen LogP contribution >= 0.6 is 15.9 Å². The van der Waals surface area contributed by atoms with Gasteiger partial charge in [0.2, 0.25) is 5.91 Å². The van der Waals surface area contributed by atoms with E-state index >= 15 is 0 Å². The van der Waals surface area contributed by atoms with Gasteiger partial charge in [-0.3, -0.25) is 4.79 Å². The lowest BCUT2D eigenvalue weighted by Crippen LogP contribution is -2.24. The maximum Gasteiger partial charge on any atom is 0.293 e. The van der Waals surface area contributed by atoms with Gasteiger partial charge in [-0.25, -0.2) is 0 Å². The molecule has 0 spiro atoms. The van der Waals surface area contributed by atoms with E-state index in [0.717, 1.165) is 5.69 Å². The fraction of sp³-hybridized carbons (Fsp3) is 0.278. The van der Waals surface area contributed by atoms with Gasteiger partial charge in [0.05, 0.1) is 0 Å². The molecule has 1 aliphatic heterocycles. The molecule has 1 aliphatic rings. The van der Waals surface area contributed by atoms with Crippen molar-refractivity contribution in [2.45, 2.75) is 26.2 Å². The number of anilines is 1. The maximum absolute atomic E-state index is 12.4. The van der Waals surface area contributed by atoms with Crippen molar-refractivity contribution in [2.75, 3.05) is 11.4 Å². The van der Waals surface area contributed by atoms with Crippen molar-refractivity contribution >= 4 is 27.5 Å². The Hall–Kier alpha value is -2.41. The molecule has 3 heterocycles. The summed E-state index contributed by atoms with van der Waals surface area (Å²) in [4.78, 5) is 18.6. The SMILES string of the molecule is Cc1ccc(N2CC(c3noc(-c4ccc(Br)o4)n3)CC2=O)cc1C. The molecule has 1 aromatic carbocycles. The van der Waals surface area contributed by atoms with Crippen molar-refractivity contribution in [3.05, 3.63) is 52.0 Å². The number of carbonyl (C=O) groups is 1. The highest BCUT2D eigenvalue weighted by molar-refractivity contribution is 9.10. The Bertz CT molecular complexity index is 947. The predicted molar refractivity (Wildman–Crippen MR) is 95.3 cm³/mol. The van der Waals surface area contributed by atoms with Crippen LogP contribution < -0.4 is 4.90 Å². The number of aryl methyl sites for hydroxylation is 2. The van der Waals surface area contributed by atoms with E-state index in [4.69, 9.17) is 8.94 Å². The summed E-state index contributed by atoms with van der Waals surface area (Å²) in [6.07, 6.45) is 0.369. The zero-order valence-electron chi connectivity index (χ0n) is 13.8. The van der Waals surface area contributed by atoms with Crippen molar-refractivity contribution in [1.82, 2.24) is 10.1 Å². The van der Waals surface area contributed by atoms with Crippen molar-refractivity contribution in [3.63, 3.8) is 0 Å². The van der Waals surface area contributed by atoms with Gasteiger partial charge in [-0.05, 0) is 65.2 Å². The summed E-state index contributed by atoms with van der Waals surface area (Å²) < 4.78 is 11.3. The number of amides is 1. The van der Waals surface area contributed by atoms with Crippen LogP contribution in [0.3, 0.4) is 0 Å². The molecule has 1 saturated heterocycles. The average molecular weight is 402 g/mol. The van der Waals surface area contributed by atoms with Crippen molar-refractivity contribution in [1.29, 1.82) is 0 Å². The van der Waals surface area contributed by atoms with Crippen LogP contribution in [0.2, 0.25) is 0 Å². The topological polar surface area (TPSA) is 72.4 Å². The molecule has 0 N–H and O–H groups in total. The lowest BCUT2D eigenvalue weighted by molar-refractivity contribution is -0.117. The van der Waals surface area contributed by atoms with Crippen LogP contribution in [0.15, 0.2) is 43.9 Å². The minimum absolute atomic E-state index is 0.0698. The first-order valence-corrected chi connectivity index (χ1v) is 8.77. The third kappa shape index (κ3) is 3.00. The molecule has 3 aromatic rings. The van der Waals surface area contributed by atoms with Crippen LogP contribution in [0, 0.1) is 13.8 Å². The second-order valence-corrected chi connectivity index (χ2v) is 7.02. The first-order chi connectivity index (χ1) is 12.0. The largest absolute Gasteiger partial charge is 0.444 e. The number of benzene rings is 1. The highest BCUT2D eigenvalue weighted by Gasteiger charge is 2.35. The Balaban J connectivity index is 1.56. The van der Waals surface area contributed by atoms with Crippen LogP contribution in [0.25, 0.3) is 11.7 Å². The molecule has 1 atom stereocenters. The standard InChI is InChI=1S/C18H16BrN3O3/c1-10-3-4-13(7-11(10)2)22-9-12(8-16(22)23)17-20-18(25-21-17)14-5-6-15(19)24-14/h3-7,12H,8-9H2,1-2H3. The Kier molecular flexibility index (Phi) is 3.95. The highest BCUT2D eigenvalue weighted by Crippen LogP contribution is 2.32. The number of carbonyl (C=O) groups excluding carboxylic acids is 1. The number of furan rings is 1. The summed E-state index contributed by atoms with van der Waals surface area (Å²) >= 11 is 3.25. The second kappa shape index (κ2) is 6.15. The van der Waals surface area contributed by atoms with E-state index in [2.05, 4.69) is 33.0 Å². The Morgan fingerprint density at radius 3 is 2.76 bits per heavy atom. The zero-order chi connectivity index (χ0) is 17.6. The van der Waals surface area contributed by atoms with E-state index in [-0.39, 0.29) is 11.8 Å². The Morgan fingerprint density at radius 1 is 1.20 bits per heavy atom. The summed E-state index contributed by atoms with van der Waals surface area (Å²) in [5.41, 5.74) is 3.28. The third-order valence-corrected chi connectivity index (χ3v) is 4.94. The van der Waals surface area contributed by atoms with Gasteiger partial charge >= 0.3 is 0 Å². The van der Waals surface area contributed by atoms with E-state index in [9.17, 15) is 4.79 Å². The van der Waals surface area contributed by atoms with E-state index in [0.29, 0.717) is 35.1 Å². The molecule has 0 bridgehead atoms. The van der Waals surface area contributed by atoms with Crippen LogP contribution in [-0.2, 0) is 4.79 Å². The summed E-state index contributed by atoms with van der Waals surface area (Å²) in [7, 11) is 0. The van der Waals surface area contributed by atoms with Crippen molar-refractivity contribution in [3.8, 4) is 11.7 Å². The molecule has 25 heavy (non-hydrogen) atoms. The number of halogens is 1. The summed E-state index contributed by atoms with van der Waals surface area (Å²) in [5.74, 6) is 1.33. The normalized spacial score (nSPS) is 17.5. The molecule has 6 nitrogen and oxygen atoms in total. The van der Waals surface area contributed by atoms with E-state index < -0.39 is 0 Å². The molecule has 1 fully saturated rings. The molecule has 0 radical (unpaired) electrons. The molecule has 4 rings (SSSR count). The smallest absolute Gasteiger partial charge is 0.293 e. The van der Waals surface area contributed by atoms with Crippen LogP contribution in [0.4, 0.5) is 5.69 Å². The summed E-state index contributed by atoms with van der Waals surface area (Å²) in [6, 6.07) is 9.57. The zero-order valence-corrected chi connectivity index (χ0v) is 15.4. The summed E-state index contributed by atoms with van der Waals surface area (Å²) in [6.45, 7) is 4.65. The molecule has 0 saturated carbocycles. The second-order valence-electron chi connectivity index (χ2n) is 6.24. The van der Waals surface area contributed by atoms with Gasteiger partial charge in [-0.2, -0.15) is 4.98 Å². The summed E-state index contributed by atoms with van der Waals surface area (Å²) in [5, 5.41) is 4.04. The molecule has 2 aromatic heterocycles. The Labute approximate surface area is 152 Å². The number of aromatic nitrogens is 2. The first-order valence-electron chi connectivity index (χ1n) is 7.98. The third-order valence-electron chi connectivity index (χ3n) is 4.52. The lowest BCUT2D eigenvalue weighted by atomic mass is 10.1. The molecule has 7 heteroatoms. The monoisotopic (exact) mass is 401 g/mol. The molecule has 128 valence electrons. The molecule has 0 aliphatic carbocycles. The molecule has 1 amide bonds. The first kappa shape index (κ1) is 16.1. The van der Waals surface area contributed by atoms with Gasteiger partial charge in [0.1, 0.15) is 0 Å².